The van der Waals surface area contributed by atoms with Gasteiger partial charge in [-0.25, -0.2) is 4.98 Å². The minimum absolute atomic E-state index is 0.112. The third-order valence-electron chi connectivity index (χ3n) is 4.07. The Hall–Kier alpha value is -1.17. The highest BCUT2D eigenvalue weighted by molar-refractivity contribution is 7.18. The predicted molar refractivity (Wildman–Crippen MR) is 66.2 cm³/mol. The molecule has 2 aliphatic carbocycles. The number of aromatic nitrogens is 1. The van der Waals surface area contributed by atoms with Gasteiger partial charge in [-0.1, -0.05) is 6.42 Å². The van der Waals surface area contributed by atoms with Gasteiger partial charge in [0, 0.05) is 6.54 Å². The molecule has 3 rings (SSSR count). The van der Waals surface area contributed by atoms with E-state index in [-0.39, 0.29) is 9.92 Å². The van der Waals surface area contributed by atoms with Crippen LogP contribution in [0.25, 0.3) is 0 Å². The highest BCUT2D eigenvalue weighted by Gasteiger charge is 2.39. The van der Waals surface area contributed by atoms with Gasteiger partial charge in [-0.15, -0.1) is 0 Å². The van der Waals surface area contributed by atoms with Crippen molar-refractivity contribution in [3.05, 3.63) is 16.3 Å². The predicted octanol–water partition coefficient (Wildman–Crippen LogP) is 2.90. The molecule has 3 unspecified atom stereocenters. The third kappa shape index (κ3) is 2.13. The van der Waals surface area contributed by atoms with E-state index >= 15 is 0 Å². The maximum Gasteiger partial charge on any atom is 0.345 e. The molecule has 92 valence electrons. The summed E-state index contributed by atoms with van der Waals surface area (Å²) in [6.07, 6.45) is 6.82. The second kappa shape index (κ2) is 4.25. The highest BCUT2D eigenvalue weighted by atomic mass is 32.1. The monoisotopic (exact) mass is 253 g/mol. The molecule has 2 saturated carbocycles. The minimum atomic E-state index is -0.389. The molecule has 0 spiro atoms. The lowest BCUT2D eigenvalue weighted by Crippen LogP contribution is -2.19. The molecule has 0 aromatic carbocycles. The molecule has 1 aromatic rings. The van der Waals surface area contributed by atoms with Crippen LogP contribution in [0.1, 0.15) is 25.7 Å². The van der Waals surface area contributed by atoms with Gasteiger partial charge in [0.1, 0.15) is 6.20 Å². The first kappa shape index (κ1) is 11.0. The second-order valence-corrected chi connectivity index (χ2v) is 6.09. The van der Waals surface area contributed by atoms with Crippen LogP contribution in [-0.2, 0) is 0 Å². The zero-order valence-corrected chi connectivity index (χ0v) is 10.3. The molecule has 0 aliphatic heterocycles. The molecular formula is C11H15N3O2S. The summed E-state index contributed by atoms with van der Waals surface area (Å²) < 4.78 is 0. The summed E-state index contributed by atoms with van der Waals surface area (Å²) in [5.74, 6) is 2.57. The fourth-order valence-corrected chi connectivity index (χ4v) is 3.92. The lowest BCUT2D eigenvalue weighted by Gasteiger charge is -2.21. The van der Waals surface area contributed by atoms with Crippen LogP contribution < -0.4 is 5.32 Å². The smallest absolute Gasteiger partial charge is 0.345 e. The summed E-state index contributed by atoms with van der Waals surface area (Å²) in [5, 5.41) is 14.6. The van der Waals surface area contributed by atoms with Gasteiger partial charge in [-0.05, 0) is 48.4 Å². The molecule has 17 heavy (non-hydrogen) atoms. The minimum Gasteiger partial charge on any atom is -0.361 e. The normalized spacial score (nSPS) is 30.7. The van der Waals surface area contributed by atoms with Crippen LogP contribution in [0.4, 0.5) is 10.1 Å². The second-order valence-electron chi connectivity index (χ2n) is 5.08. The quantitative estimate of drug-likeness (QED) is 0.661. The third-order valence-corrected chi connectivity index (χ3v) is 4.98. The van der Waals surface area contributed by atoms with Crippen molar-refractivity contribution in [3.63, 3.8) is 0 Å². The topological polar surface area (TPSA) is 68.1 Å². The number of hydrogen-bond donors (Lipinski definition) is 1. The van der Waals surface area contributed by atoms with Crippen LogP contribution in [0.15, 0.2) is 6.20 Å². The highest BCUT2D eigenvalue weighted by Crippen LogP contribution is 2.48. The van der Waals surface area contributed by atoms with Gasteiger partial charge in [-0.3, -0.25) is 10.1 Å². The van der Waals surface area contributed by atoms with Gasteiger partial charge in [0.05, 0.1) is 4.92 Å². The first-order valence-electron chi connectivity index (χ1n) is 6.06. The Labute approximate surface area is 103 Å². The van der Waals surface area contributed by atoms with E-state index in [1.54, 1.807) is 0 Å². The van der Waals surface area contributed by atoms with Gasteiger partial charge in [-0.2, -0.15) is 0 Å². The Bertz CT molecular complexity index is 434. The number of thiazole rings is 1. The molecule has 3 atom stereocenters. The van der Waals surface area contributed by atoms with Gasteiger partial charge < -0.3 is 5.32 Å². The molecule has 1 N–H and O–H groups in total. The summed E-state index contributed by atoms with van der Waals surface area (Å²) >= 11 is 1.12. The first-order chi connectivity index (χ1) is 8.22. The van der Waals surface area contributed by atoms with Crippen LogP contribution in [0.3, 0.4) is 0 Å². The van der Waals surface area contributed by atoms with E-state index in [0.29, 0.717) is 5.13 Å². The van der Waals surface area contributed by atoms with Gasteiger partial charge in [0.2, 0.25) is 0 Å². The number of nitro groups is 1. The van der Waals surface area contributed by atoms with Crippen molar-refractivity contribution >= 4 is 21.5 Å². The first-order valence-corrected chi connectivity index (χ1v) is 6.88. The number of fused-ring (bicyclic) bond motifs is 2. The molecule has 1 aromatic heterocycles. The summed E-state index contributed by atoms with van der Waals surface area (Å²) in [6.45, 7) is 0.922. The molecule has 0 saturated heterocycles. The largest absolute Gasteiger partial charge is 0.361 e. The maximum atomic E-state index is 10.5. The molecule has 2 aliphatic rings. The van der Waals surface area contributed by atoms with Gasteiger partial charge >= 0.3 is 5.00 Å². The Balaban J connectivity index is 1.55. The molecule has 0 amide bonds. The van der Waals surface area contributed by atoms with Crippen LogP contribution in [-0.4, -0.2) is 16.5 Å². The SMILES string of the molecule is O=[N+]([O-])c1cnc(NCC2CC3CCC2C3)s1. The zero-order valence-electron chi connectivity index (χ0n) is 9.46. The van der Waals surface area contributed by atoms with E-state index < -0.39 is 0 Å². The van der Waals surface area contributed by atoms with Crippen LogP contribution in [0, 0.1) is 27.9 Å². The average molecular weight is 253 g/mol. The van der Waals surface area contributed by atoms with Crippen molar-refractivity contribution in [1.29, 1.82) is 0 Å². The number of nitrogens with zero attached hydrogens (tertiary/aromatic N) is 2. The van der Waals surface area contributed by atoms with Crippen molar-refractivity contribution in [2.45, 2.75) is 25.7 Å². The lowest BCUT2D eigenvalue weighted by atomic mass is 9.89. The average Bonchev–Trinajstić information content (AvgIpc) is 3.02. The fourth-order valence-electron chi connectivity index (χ4n) is 3.28. The van der Waals surface area contributed by atoms with E-state index in [0.717, 1.165) is 35.6 Å². The van der Waals surface area contributed by atoms with Crippen molar-refractivity contribution in [2.75, 3.05) is 11.9 Å². The number of nitrogens with one attached hydrogen (secondary N) is 1. The summed E-state index contributed by atoms with van der Waals surface area (Å²) in [4.78, 5) is 14.2. The molecule has 2 fully saturated rings. The molecule has 2 bridgehead atoms. The van der Waals surface area contributed by atoms with Gasteiger partial charge in [0.15, 0.2) is 5.13 Å². The van der Waals surface area contributed by atoms with E-state index in [1.165, 1.54) is 31.9 Å². The van der Waals surface area contributed by atoms with Gasteiger partial charge in [0.25, 0.3) is 0 Å². The summed E-state index contributed by atoms with van der Waals surface area (Å²) in [6, 6.07) is 0. The van der Waals surface area contributed by atoms with Crippen LogP contribution in [0.2, 0.25) is 0 Å². The molecular weight excluding hydrogens is 238 g/mol. The van der Waals surface area contributed by atoms with Crippen molar-refractivity contribution in [1.82, 2.24) is 4.98 Å². The summed E-state index contributed by atoms with van der Waals surface area (Å²) in [7, 11) is 0. The Morgan fingerprint density at radius 3 is 3.00 bits per heavy atom. The molecule has 6 heteroatoms. The van der Waals surface area contributed by atoms with E-state index in [2.05, 4.69) is 10.3 Å². The van der Waals surface area contributed by atoms with Crippen molar-refractivity contribution < 1.29 is 4.92 Å². The van der Waals surface area contributed by atoms with E-state index in [1.807, 2.05) is 0 Å². The maximum absolute atomic E-state index is 10.5. The molecule has 5 nitrogen and oxygen atoms in total. The summed E-state index contributed by atoms with van der Waals surface area (Å²) in [5.41, 5.74) is 0. The zero-order chi connectivity index (χ0) is 11.8. The van der Waals surface area contributed by atoms with Crippen molar-refractivity contribution in [2.24, 2.45) is 17.8 Å². The lowest BCUT2D eigenvalue weighted by molar-refractivity contribution is -0.380. The number of hydrogen-bond acceptors (Lipinski definition) is 5. The number of rotatable bonds is 4. The van der Waals surface area contributed by atoms with Crippen LogP contribution >= 0.6 is 11.3 Å². The van der Waals surface area contributed by atoms with Crippen molar-refractivity contribution in [3.8, 4) is 0 Å². The Kier molecular flexibility index (Phi) is 2.74. The number of anilines is 1. The Morgan fingerprint density at radius 2 is 2.41 bits per heavy atom. The molecule has 0 radical (unpaired) electrons. The standard InChI is InChI=1S/C11H15N3O2S/c15-14(16)10-6-13-11(17-10)12-5-9-4-7-1-2-8(9)3-7/h6-9H,1-5H2,(H,12,13). The Morgan fingerprint density at radius 1 is 1.53 bits per heavy atom. The van der Waals surface area contributed by atoms with E-state index in [4.69, 9.17) is 0 Å². The van der Waals surface area contributed by atoms with Crippen LogP contribution in [0.5, 0.6) is 0 Å². The van der Waals surface area contributed by atoms with E-state index in [9.17, 15) is 10.1 Å². The fraction of sp³-hybridized carbons (Fsp3) is 0.727. The molecule has 1 heterocycles.